The smallest absolute Gasteiger partial charge is 0.271 e. The van der Waals surface area contributed by atoms with Gasteiger partial charge >= 0.3 is 0 Å². The molecule has 1 fully saturated rings. The number of amides is 1. The highest BCUT2D eigenvalue weighted by Gasteiger charge is 2.14. The van der Waals surface area contributed by atoms with Gasteiger partial charge in [-0.25, -0.2) is 0 Å². The molecule has 2 aromatic rings. The largest absolute Gasteiger partial charge is 0.378 e. The van der Waals surface area contributed by atoms with Gasteiger partial charge in [-0.15, -0.1) is 10.2 Å². The van der Waals surface area contributed by atoms with E-state index in [1.54, 1.807) is 6.07 Å². The van der Waals surface area contributed by atoms with Crippen molar-refractivity contribution < 1.29 is 9.53 Å². The molecule has 1 aliphatic heterocycles. The molecule has 2 heterocycles. The van der Waals surface area contributed by atoms with Crippen molar-refractivity contribution in [3.63, 3.8) is 0 Å². The normalized spacial score (nSPS) is 14.5. The predicted molar refractivity (Wildman–Crippen MR) is 87.5 cm³/mol. The number of aromatic nitrogens is 2. The molecule has 6 heteroatoms. The summed E-state index contributed by atoms with van der Waals surface area (Å²) in [6, 6.07) is 13.6. The van der Waals surface area contributed by atoms with Crippen molar-refractivity contribution in [3.8, 4) is 0 Å². The van der Waals surface area contributed by atoms with Crippen molar-refractivity contribution in [2.45, 2.75) is 6.42 Å². The van der Waals surface area contributed by atoms with Gasteiger partial charge in [-0.3, -0.25) is 4.79 Å². The Bertz CT molecular complexity index is 625. The van der Waals surface area contributed by atoms with Crippen LogP contribution in [0.5, 0.6) is 0 Å². The fourth-order valence-electron chi connectivity index (χ4n) is 2.46. The molecule has 23 heavy (non-hydrogen) atoms. The number of anilines is 1. The van der Waals surface area contributed by atoms with Crippen LogP contribution in [0.25, 0.3) is 0 Å². The molecule has 0 unspecified atom stereocenters. The molecule has 1 saturated heterocycles. The molecule has 1 N–H and O–H groups in total. The van der Waals surface area contributed by atoms with Crippen LogP contribution >= 0.6 is 0 Å². The summed E-state index contributed by atoms with van der Waals surface area (Å²) < 4.78 is 5.31. The van der Waals surface area contributed by atoms with E-state index in [4.69, 9.17) is 4.74 Å². The Hall–Kier alpha value is -2.47. The van der Waals surface area contributed by atoms with Crippen LogP contribution in [0.15, 0.2) is 42.5 Å². The van der Waals surface area contributed by atoms with Gasteiger partial charge in [0.05, 0.1) is 13.2 Å². The van der Waals surface area contributed by atoms with Crippen molar-refractivity contribution in [2.24, 2.45) is 0 Å². The summed E-state index contributed by atoms with van der Waals surface area (Å²) in [7, 11) is 0. The summed E-state index contributed by atoms with van der Waals surface area (Å²) >= 11 is 0. The minimum absolute atomic E-state index is 0.193. The predicted octanol–water partition coefficient (Wildman–Crippen LogP) is 1.29. The first-order valence-corrected chi connectivity index (χ1v) is 7.81. The third kappa shape index (κ3) is 4.26. The van der Waals surface area contributed by atoms with E-state index in [1.807, 2.05) is 36.4 Å². The summed E-state index contributed by atoms with van der Waals surface area (Å²) in [5, 5.41) is 11.1. The minimum Gasteiger partial charge on any atom is -0.378 e. The van der Waals surface area contributed by atoms with Gasteiger partial charge in [0.1, 0.15) is 0 Å². The van der Waals surface area contributed by atoms with Crippen molar-refractivity contribution in [1.29, 1.82) is 0 Å². The molecule has 1 aromatic heterocycles. The zero-order chi connectivity index (χ0) is 15.9. The number of carbonyl (C=O) groups excluding carboxylic acids is 1. The van der Waals surface area contributed by atoms with E-state index in [1.165, 1.54) is 5.56 Å². The lowest BCUT2D eigenvalue weighted by atomic mass is 10.1. The lowest BCUT2D eigenvalue weighted by Gasteiger charge is -2.27. The van der Waals surface area contributed by atoms with Gasteiger partial charge in [0, 0.05) is 19.6 Å². The highest BCUT2D eigenvalue weighted by molar-refractivity contribution is 5.92. The van der Waals surface area contributed by atoms with Crippen LogP contribution in [0.4, 0.5) is 5.82 Å². The number of rotatable bonds is 5. The molecule has 0 atom stereocenters. The second-order valence-corrected chi connectivity index (χ2v) is 5.37. The number of hydrogen-bond acceptors (Lipinski definition) is 5. The van der Waals surface area contributed by atoms with Gasteiger partial charge in [-0.2, -0.15) is 0 Å². The second kappa shape index (κ2) is 7.69. The van der Waals surface area contributed by atoms with E-state index in [2.05, 4.69) is 20.4 Å². The maximum absolute atomic E-state index is 12.1. The lowest BCUT2D eigenvalue weighted by Crippen LogP contribution is -2.37. The fourth-order valence-corrected chi connectivity index (χ4v) is 2.46. The number of morpholine rings is 1. The van der Waals surface area contributed by atoms with E-state index in [9.17, 15) is 4.79 Å². The van der Waals surface area contributed by atoms with Crippen LogP contribution in [0.2, 0.25) is 0 Å². The zero-order valence-electron chi connectivity index (χ0n) is 12.9. The SMILES string of the molecule is O=C(NCCc1ccccc1)c1ccc(N2CCOCC2)nn1. The van der Waals surface area contributed by atoms with Gasteiger partial charge < -0.3 is 15.0 Å². The monoisotopic (exact) mass is 312 g/mol. The number of ether oxygens (including phenoxy) is 1. The van der Waals surface area contributed by atoms with Gasteiger partial charge in [0.25, 0.3) is 5.91 Å². The molecular formula is C17H20N4O2. The minimum atomic E-state index is -0.193. The second-order valence-electron chi connectivity index (χ2n) is 5.37. The zero-order valence-corrected chi connectivity index (χ0v) is 12.9. The summed E-state index contributed by atoms with van der Waals surface area (Å²) in [6.45, 7) is 3.58. The molecule has 0 spiro atoms. The van der Waals surface area contributed by atoms with E-state index in [-0.39, 0.29) is 5.91 Å². The van der Waals surface area contributed by atoms with Gasteiger partial charge in [0.2, 0.25) is 0 Å². The molecule has 1 amide bonds. The summed E-state index contributed by atoms with van der Waals surface area (Å²) in [5.74, 6) is 0.594. The van der Waals surface area contributed by atoms with Crippen molar-refractivity contribution in [2.75, 3.05) is 37.7 Å². The summed E-state index contributed by atoms with van der Waals surface area (Å²) in [5.41, 5.74) is 1.54. The Balaban J connectivity index is 1.51. The molecule has 0 saturated carbocycles. The average molecular weight is 312 g/mol. The van der Waals surface area contributed by atoms with Crippen molar-refractivity contribution >= 4 is 11.7 Å². The topological polar surface area (TPSA) is 67.4 Å². The average Bonchev–Trinajstić information content (AvgIpc) is 2.63. The molecule has 1 aliphatic rings. The highest BCUT2D eigenvalue weighted by Crippen LogP contribution is 2.11. The third-order valence-corrected chi connectivity index (χ3v) is 3.76. The standard InChI is InChI=1S/C17H20N4O2/c22-17(18-9-8-14-4-2-1-3-5-14)15-6-7-16(20-19-15)21-10-12-23-13-11-21/h1-7H,8-13H2,(H,18,22). The van der Waals surface area contributed by atoms with Crippen LogP contribution in [0.1, 0.15) is 16.1 Å². The summed E-state index contributed by atoms with van der Waals surface area (Å²) in [4.78, 5) is 14.2. The lowest BCUT2D eigenvalue weighted by molar-refractivity contribution is 0.0948. The van der Waals surface area contributed by atoms with Crippen LogP contribution in [-0.2, 0) is 11.2 Å². The maximum Gasteiger partial charge on any atom is 0.271 e. The Morgan fingerprint density at radius 1 is 1.09 bits per heavy atom. The van der Waals surface area contributed by atoms with Crippen LogP contribution in [0, 0.1) is 0 Å². The Labute approximate surface area is 135 Å². The molecule has 3 rings (SSSR count). The van der Waals surface area contributed by atoms with Crippen molar-refractivity contribution in [1.82, 2.24) is 15.5 Å². The number of hydrogen-bond donors (Lipinski definition) is 1. The first kappa shape index (κ1) is 15.4. The van der Waals surface area contributed by atoms with E-state index in [0.29, 0.717) is 25.5 Å². The fraction of sp³-hybridized carbons (Fsp3) is 0.353. The van der Waals surface area contributed by atoms with Crippen LogP contribution < -0.4 is 10.2 Å². The Morgan fingerprint density at radius 2 is 1.87 bits per heavy atom. The molecule has 6 nitrogen and oxygen atoms in total. The first-order valence-electron chi connectivity index (χ1n) is 7.81. The molecule has 120 valence electrons. The van der Waals surface area contributed by atoms with E-state index in [0.717, 1.165) is 25.3 Å². The molecule has 0 aliphatic carbocycles. The number of nitrogens with one attached hydrogen (secondary N) is 1. The molecule has 0 radical (unpaired) electrons. The highest BCUT2D eigenvalue weighted by atomic mass is 16.5. The van der Waals surface area contributed by atoms with E-state index < -0.39 is 0 Å². The van der Waals surface area contributed by atoms with Gasteiger partial charge in [0.15, 0.2) is 11.5 Å². The third-order valence-electron chi connectivity index (χ3n) is 3.76. The Kier molecular flexibility index (Phi) is 5.16. The number of carbonyl (C=O) groups is 1. The summed E-state index contributed by atoms with van der Waals surface area (Å²) in [6.07, 6.45) is 0.797. The molecule has 1 aromatic carbocycles. The quantitative estimate of drug-likeness (QED) is 0.901. The Morgan fingerprint density at radius 3 is 2.57 bits per heavy atom. The van der Waals surface area contributed by atoms with Gasteiger partial charge in [-0.1, -0.05) is 30.3 Å². The van der Waals surface area contributed by atoms with Crippen molar-refractivity contribution in [3.05, 3.63) is 53.7 Å². The number of nitrogens with zero attached hydrogens (tertiary/aromatic N) is 3. The van der Waals surface area contributed by atoms with E-state index >= 15 is 0 Å². The number of benzene rings is 1. The molecular weight excluding hydrogens is 292 g/mol. The molecule has 0 bridgehead atoms. The van der Waals surface area contributed by atoms with Crippen LogP contribution in [0.3, 0.4) is 0 Å². The van der Waals surface area contributed by atoms with Crippen LogP contribution in [-0.4, -0.2) is 49.0 Å². The first-order chi connectivity index (χ1) is 11.3. The maximum atomic E-state index is 12.1. The van der Waals surface area contributed by atoms with Gasteiger partial charge in [-0.05, 0) is 24.1 Å².